The van der Waals surface area contributed by atoms with E-state index in [2.05, 4.69) is 0 Å². The Morgan fingerprint density at radius 1 is 0.244 bits per heavy atom. The van der Waals surface area contributed by atoms with Crippen LogP contribution in [-0.2, 0) is 0 Å². The van der Waals surface area contributed by atoms with Gasteiger partial charge in [0.2, 0.25) is 0 Å². The SMILES string of the molecule is [2H]C([2H])(CO)C1(C([2H])([2H])CO)Sc2c(c(C(=O)O)c3c(c2[C](c2c4c(c(C(=O)O)c5c2SC(C([2H])([2H])CO)(C([2H])([2H])CO)S5)SC(C([2H])([2H])CO)(C([2H])([2H])CO)S4)c2c4c(c(C(=O)O)c5c2SC(C([2H])([2H])CO)(C([2H])([2H])CO)S5)SC(C([2H])([2H])CO)(C([2H])([2H])CO)S4)SC(C([2H])([2H])CO)(C([2H])([2H])CO)S3)S1. The maximum Gasteiger partial charge on any atom is 0.338 e. The minimum absolute atomic E-state index is 0.141. The molecular weight excluding hydrogens is 1300 g/mol. The molecule has 0 bridgehead atoms. The number of aliphatic hydroxyl groups excluding tert-OH is 12. The molecule has 0 fully saturated rings. The monoisotopic (exact) mass is 1380 g/mol. The smallest absolute Gasteiger partial charge is 0.338 e. The molecule has 18 nitrogen and oxygen atoms in total. The van der Waals surface area contributed by atoms with Crippen molar-refractivity contribution in [1.82, 2.24) is 0 Å². The van der Waals surface area contributed by atoms with E-state index in [1.807, 2.05) is 0 Å². The molecule has 82 heavy (non-hydrogen) atoms. The highest BCUT2D eigenvalue weighted by Gasteiger charge is 2.58. The predicted molar refractivity (Wildman–Crippen MR) is 328 cm³/mol. The van der Waals surface area contributed by atoms with E-state index in [4.69, 9.17) is 0 Å². The van der Waals surface area contributed by atoms with Gasteiger partial charge in [-0.2, -0.15) is 0 Å². The highest BCUT2D eigenvalue weighted by molar-refractivity contribution is 8.23. The summed E-state index contributed by atoms with van der Waals surface area (Å²) < 4.78 is 209. The first kappa shape index (κ1) is 41.2. The zero-order valence-corrected chi connectivity index (χ0v) is 51.1. The number of thioether (sulfide) groups is 12. The van der Waals surface area contributed by atoms with Gasteiger partial charge in [-0.25, -0.2) is 14.4 Å². The van der Waals surface area contributed by atoms with Crippen LogP contribution in [0, 0.1) is 5.92 Å². The normalized spacial score (nSPS) is 26.0. The average molecular weight is 1390 g/mol. The molecule has 6 aliphatic rings. The zero-order chi connectivity index (χ0) is 80.7. The Kier molecular flexibility index (Phi) is 13.6. The van der Waals surface area contributed by atoms with Gasteiger partial charge < -0.3 is 76.6 Å². The minimum Gasteiger partial charge on any atom is -0.478 e. The van der Waals surface area contributed by atoms with E-state index in [0.29, 0.717) is 0 Å². The van der Waals surface area contributed by atoms with E-state index in [0.717, 1.165) is 0 Å². The number of benzene rings is 3. The molecule has 1 radical (unpaired) electrons. The Morgan fingerprint density at radius 3 is 0.451 bits per heavy atom. The summed E-state index contributed by atoms with van der Waals surface area (Å²) in [4.78, 5) is 32.2. The summed E-state index contributed by atoms with van der Waals surface area (Å²) in [7, 11) is 0. The zero-order valence-electron chi connectivity index (χ0n) is 65.3. The van der Waals surface area contributed by atoms with Crippen LogP contribution in [0.1, 0.15) is 157 Å². The van der Waals surface area contributed by atoms with Crippen LogP contribution in [0.15, 0.2) is 58.7 Å². The molecule has 30 heteroatoms. The second-order valence-corrected chi connectivity index (χ2v) is 32.7. The lowest BCUT2D eigenvalue weighted by molar-refractivity contribution is 0.0677. The number of aromatic carboxylic acids is 3. The first-order chi connectivity index (χ1) is 48.3. The van der Waals surface area contributed by atoms with E-state index in [1.165, 1.54) is 0 Å². The van der Waals surface area contributed by atoms with Crippen LogP contribution >= 0.6 is 141 Å². The van der Waals surface area contributed by atoms with Crippen molar-refractivity contribution in [2.45, 2.75) is 160 Å². The molecule has 0 amide bonds. The van der Waals surface area contributed by atoms with Crippen LogP contribution in [0.25, 0.3) is 0 Å². The third-order valence-electron chi connectivity index (χ3n) is 12.0. The molecule has 3 aromatic carbocycles. The molecular formula is C52H63O18S12. The summed E-state index contributed by atoms with van der Waals surface area (Å²) in [5.74, 6) is -7.72. The molecule has 0 aromatic heterocycles. The van der Waals surface area contributed by atoms with Crippen LogP contribution < -0.4 is 0 Å². The summed E-state index contributed by atoms with van der Waals surface area (Å²) >= 11 is -1.77. The maximum absolute atomic E-state index is 14.7. The Hall–Kier alpha value is -0.210. The van der Waals surface area contributed by atoms with Gasteiger partial charge in [-0.05, 0) is 93.2 Å². The Labute approximate surface area is 558 Å². The molecule has 0 saturated heterocycles. The summed E-state index contributed by atoms with van der Waals surface area (Å²) in [6.45, 7) is -21.3. The lowest BCUT2D eigenvalue weighted by Gasteiger charge is -2.32. The van der Waals surface area contributed by atoms with Crippen molar-refractivity contribution in [2.75, 3.05) is 79.3 Å². The minimum atomic E-state index is -3.55. The van der Waals surface area contributed by atoms with E-state index < -0.39 is 296 Å². The first-order valence-corrected chi connectivity index (χ1v) is 33.0. The summed E-state index contributed by atoms with van der Waals surface area (Å²) in [6.07, 6.45) is -42.7. The van der Waals surface area contributed by atoms with Gasteiger partial charge in [0, 0.05) is 171 Å². The third-order valence-corrected chi connectivity index (χ3v) is 30.1. The van der Waals surface area contributed by atoms with Crippen molar-refractivity contribution < 1.29 is 124 Å². The van der Waals surface area contributed by atoms with E-state index in [1.54, 1.807) is 0 Å². The fourth-order valence-electron chi connectivity index (χ4n) is 9.13. The highest BCUT2D eigenvalue weighted by atomic mass is 32.2. The quantitative estimate of drug-likeness (QED) is 0.0283. The molecule has 0 unspecified atom stereocenters. The van der Waals surface area contributed by atoms with Crippen molar-refractivity contribution >= 4 is 159 Å². The van der Waals surface area contributed by atoms with Crippen LogP contribution in [0.3, 0.4) is 0 Å². The van der Waals surface area contributed by atoms with Crippen molar-refractivity contribution in [2.24, 2.45) is 0 Å². The molecule has 0 spiro atoms. The molecule has 6 heterocycles. The number of fused-ring (bicyclic) bond motifs is 6. The second kappa shape index (κ2) is 27.1. The van der Waals surface area contributed by atoms with E-state index in [9.17, 15) is 124 Å². The molecule has 3 aromatic rings. The maximum atomic E-state index is 14.7. The van der Waals surface area contributed by atoms with Crippen molar-refractivity contribution in [3.63, 3.8) is 0 Å². The third kappa shape index (κ3) is 11.9. The van der Waals surface area contributed by atoms with Crippen molar-refractivity contribution in [3.05, 3.63) is 39.3 Å². The van der Waals surface area contributed by atoms with Crippen LogP contribution in [0.2, 0.25) is 0 Å². The number of carboxylic acid groups (broad SMARTS) is 3. The fourth-order valence-corrected chi connectivity index (χ4v) is 27.7. The average Bonchev–Trinajstić information content (AvgIpc) is 1.51. The Morgan fingerprint density at radius 2 is 0.354 bits per heavy atom. The number of carboxylic acids is 3. The largest absolute Gasteiger partial charge is 0.478 e. The van der Waals surface area contributed by atoms with Gasteiger partial charge in [-0.3, -0.25) is 0 Å². The number of aliphatic hydroxyl groups is 12. The van der Waals surface area contributed by atoms with Gasteiger partial charge in [0.25, 0.3) is 0 Å². The van der Waals surface area contributed by atoms with Gasteiger partial charge in [-0.15, -0.1) is 141 Å². The van der Waals surface area contributed by atoms with Crippen molar-refractivity contribution in [1.29, 1.82) is 0 Å². The fraction of sp³-hybridized carbons (Fsp3) is 0.577. The summed E-state index contributed by atoms with van der Waals surface area (Å²) in [5.41, 5.74) is -6.92. The van der Waals surface area contributed by atoms with Gasteiger partial charge in [-0.1, -0.05) is 0 Å². The molecule has 6 aliphatic heterocycles. The number of hydrogen-bond acceptors (Lipinski definition) is 27. The molecule has 0 aliphatic carbocycles. The number of carbonyl (C=O) groups is 3. The molecule has 9 rings (SSSR count). The molecule has 0 atom stereocenters. The van der Waals surface area contributed by atoms with Gasteiger partial charge >= 0.3 is 17.9 Å². The standard InChI is InChI=1S/C52H63O18S12/c53-13-1-47(2-14-54)71-32-26(33-39(29(44(65)66)38(32)77-47)78-48(72-33,3-15-55)4-16-56)25(27-34-40(79-49(73-34,5-17-57)6-18-58)30(45(67)68)41-35(27)74-50(80-41,7-19-59)8-20-60)28-36-42(81-51(75-36,9-21-61)10-22-62)31(46(69)70)43-37(28)76-52(82-43,11-23-63)12-24-64/h53-64H,1-24H2,(H,65,66)(H,67,68)(H,69,70)/i1D2,2D2,3D2,4D2,5D2,6D2,7D2,8D2,9D2,10D2,11D2,12D2. The number of rotatable bonds is 30. The predicted octanol–water partition coefficient (Wildman–Crippen LogP) is 7.75. The lowest BCUT2D eigenvalue weighted by Crippen LogP contribution is -2.22. The molecule has 15 N–H and O–H groups in total. The van der Waals surface area contributed by atoms with E-state index in [-0.39, 0.29) is 141 Å². The summed E-state index contributed by atoms with van der Waals surface area (Å²) in [5, 5.41) is 170. The van der Waals surface area contributed by atoms with Crippen molar-refractivity contribution in [3.8, 4) is 0 Å². The highest BCUT2D eigenvalue weighted by Crippen LogP contribution is 2.77. The Balaban J connectivity index is 1.78. The second-order valence-electron chi connectivity index (χ2n) is 16.4. The van der Waals surface area contributed by atoms with Gasteiger partial charge in [0.15, 0.2) is 0 Å². The topological polar surface area (TPSA) is 355 Å². The first-order valence-electron chi connectivity index (χ1n) is 35.2. The summed E-state index contributed by atoms with van der Waals surface area (Å²) in [6, 6.07) is 0. The van der Waals surface area contributed by atoms with E-state index >= 15 is 0 Å². The van der Waals surface area contributed by atoms with Gasteiger partial charge in [0.05, 0.1) is 47.1 Å². The number of hydrogen-bond donors (Lipinski definition) is 15. The lowest BCUT2D eigenvalue weighted by atomic mass is 9.83. The molecule has 0 saturated carbocycles. The van der Waals surface area contributed by atoms with Crippen LogP contribution in [0.4, 0.5) is 0 Å². The van der Waals surface area contributed by atoms with Gasteiger partial charge in [0.1, 0.15) is 0 Å². The van der Waals surface area contributed by atoms with Crippen LogP contribution in [0.5, 0.6) is 0 Å². The Bertz CT molecular complexity index is 3390. The molecule has 451 valence electrons. The van der Waals surface area contributed by atoms with Crippen LogP contribution in [-0.4, -0.2) is 198 Å².